The summed E-state index contributed by atoms with van der Waals surface area (Å²) in [4.78, 5) is 18.1. The van der Waals surface area contributed by atoms with Crippen molar-refractivity contribution in [3.63, 3.8) is 0 Å². The fourth-order valence-electron chi connectivity index (χ4n) is 2.31. The molecular weight excluding hydrogens is 360 g/mol. The molecule has 3 rings (SSSR count). The molecule has 8 heteroatoms. The standard InChI is InChI=1S/C17H16N2O4S2/c1-21-12-7-6-10(14(22-2)15(12)23-3)16(20)19-17-18-11(9-25-17)13-5-4-8-24-13/h4-9H,1-3H3,(H,18,19,20). The fourth-order valence-corrected chi connectivity index (χ4v) is 3.78. The number of carbonyl (C=O) groups is 1. The van der Waals surface area contributed by atoms with Gasteiger partial charge in [-0.25, -0.2) is 4.98 Å². The molecule has 0 saturated heterocycles. The van der Waals surface area contributed by atoms with Crippen LogP contribution in [0.15, 0.2) is 35.0 Å². The van der Waals surface area contributed by atoms with Crippen molar-refractivity contribution in [1.29, 1.82) is 0 Å². The van der Waals surface area contributed by atoms with E-state index >= 15 is 0 Å². The molecular formula is C17H16N2O4S2. The van der Waals surface area contributed by atoms with Gasteiger partial charge in [-0.1, -0.05) is 6.07 Å². The number of ether oxygens (including phenoxy) is 3. The molecule has 0 fully saturated rings. The first-order valence-electron chi connectivity index (χ1n) is 7.27. The van der Waals surface area contributed by atoms with Crippen LogP contribution in [-0.2, 0) is 0 Å². The number of hydrogen-bond acceptors (Lipinski definition) is 7. The van der Waals surface area contributed by atoms with E-state index in [1.165, 1.54) is 32.7 Å². The number of methoxy groups -OCH3 is 3. The molecule has 0 saturated carbocycles. The highest BCUT2D eigenvalue weighted by atomic mass is 32.1. The number of anilines is 1. The predicted octanol–water partition coefficient (Wildman–Crippen LogP) is 4.15. The predicted molar refractivity (Wildman–Crippen MR) is 99.5 cm³/mol. The van der Waals surface area contributed by atoms with Crippen molar-refractivity contribution >= 4 is 33.7 Å². The van der Waals surface area contributed by atoms with Crippen molar-refractivity contribution in [2.45, 2.75) is 0 Å². The average molecular weight is 376 g/mol. The van der Waals surface area contributed by atoms with Crippen LogP contribution in [0.5, 0.6) is 17.2 Å². The zero-order valence-corrected chi connectivity index (χ0v) is 15.5. The zero-order chi connectivity index (χ0) is 17.8. The minimum atomic E-state index is -0.329. The van der Waals surface area contributed by atoms with Crippen molar-refractivity contribution in [3.05, 3.63) is 40.6 Å². The van der Waals surface area contributed by atoms with Gasteiger partial charge in [0.2, 0.25) is 5.75 Å². The summed E-state index contributed by atoms with van der Waals surface area (Å²) in [6.45, 7) is 0. The molecule has 1 N–H and O–H groups in total. The molecule has 0 radical (unpaired) electrons. The Bertz CT molecular complexity index is 875. The van der Waals surface area contributed by atoms with Crippen LogP contribution in [0.1, 0.15) is 10.4 Å². The van der Waals surface area contributed by atoms with Gasteiger partial charge in [0.25, 0.3) is 5.91 Å². The van der Waals surface area contributed by atoms with E-state index in [9.17, 15) is 4.79 Å². The molecule has 0 bridgehead atoms. The van der Waals surface area contributed by atoms with Gasteiger partial charge in [0.1, 0.15) is 0 Å². The quantitative estimate of drug-likeness (QED) is 0.700. The van der Waals surface area contributed by atoms with Gasteiger partial charge in [0.05, 0.1) is 37.5 Å². The number of aromatic nitrogens is 1. The number of nitrogens with one attached hydrogen (secondary N) is 1. The first kappa shape index (κ1) is 17.2. The Hall–Kier alpha value is -2.58. The van der Waals surface area contributed by atoms with Crippen LogP contribution in [0.2, 0.25) is 0 Å². The normalized spacial score (nSPS) is 10.4. The van der Waals surface area contributed by atoms with Gasteiger partial charge < -0.3 is 14.2 Å². The molecule has 0 aliphatic carbocycles. The Morgan fingerprint density at radius 3 is 2.48 bits per heavy atom. The van der Waals surface area contributed by atoms with Crippen molar-refractivity contribution in [3.8, 4) is 27.8 Å². The van der Waals surface area contributed by atoms with Crippen LogP contribution in [0.3, 0.4) is 0 Å². The van der Waals surface area contributed by atoms with E-state index in [0.717, 1.165) is 10.6 Å². The number of rotatable bonds is 6. The minimum Gasteiger partial charge on any atom is -0.493 e. The van der Waals surface area contributed by atoms with Crippen LogP contribution in [0, 0.1) is 0 Å². The Morgan fingerprint density at radius 1 is 1.04 bits per heavy atom. The smallest absolute Gasteiger partial charge is 0.261 e. The number of nitrogens with zero attached hydrogens (tertiary/aromatic N) is 1. The van der Waals surface area contributed by atoms with E-state index in [1.807, 2.05) is 22.9 Å². The van der Waals surface area contributed by atoms with Crippen molar-refractivity contribution in [2.24, 2.45) is 0 Å². The third-order valence-corrected chi connectivity index (χ3v) is 5.10. The Balaban J connectivity index is 1.86. The maximum absolute atomic E-state index is 12.6. The van der Waals surface area contributed by atoms with Crippen LogP contribution in [0.4, 0.5) is 5.13 Å². The number of thiophene rings is 1. The third-order valence-electron chi connectivity index (χ3n) is 3.45. The van der Waals surface area contributed by atoms with Crippen molar-refractivity contribution < 1.29 is 19.0 Å². The average Bonchev–Trinajstić information content (AvgIpc) is 3.31. The summed E-state index contributed by atoms with van der Waals surface area (Å²) in [6.07, 6.45) is 0. The van der Waals surface area contributed by atoms with E-state index in [2.05, 4.69) is 10.3 Å². The summed E-state index contributed by atoms with van der Waals surface area (Å²) in [7, 11) is 4.50. The number of carbonyl (C=O) groups excluding carboxylic acids is 1. The Morgan fingerprint density at radius 2 is 1.84 bits per heavy atom. The van der Waals surface area contributed by atoms with Gasteiger partial charge in [-0.15, -0.1) is 22.7 Å². The molecule has 2 heterocycles. The summed E-state index contributed by atoms with van der Waals surface area (Å²) in [5, 5.41) is 7.22. The molecule has 0 aliphatic rings. The summed E-state index contributed by atoms with van der Waals surface area (Å²) in [6, 6.07) is 7.24. The molecule has 0 atom stereocenters. The molecule has 6 nitrogen and oxygen atoms in total. The maximum atomic E-state index is 12.6. The van der Waals surface area contributed by atoms with Crippen LogP contribution >= 0.6 is 22.7 Å². The molecule has 130 valence electrons. The lowest BCUT2D eigenvalue weighted by molar-refractivity contribution is 0.102. The largest absolute Gasteiger partial charge is 0.493 e. The summed E-state index contributed by atoms with van der Waals surface area (Å²) in [5.74, 6) is 0.848. The molecule has 2 aromatic heterocycles. The van der Waals surface area contributed by atoms with E-state index in [1.54, 1.807) is 23.5 Å². The van der Waals surface area contributed by atoms with E-state index < -0.39 is 0 Å². The van der Waals surface area contributed by atoms with Crippen LogP contribution in [-0.4, -0.2) is 32.2 Å². The van der Waals surface area contributed by atoms with Crippen LogP contribution < -0.4 is 19.5 Å². The highest BCUT2D eigenvalue weighted by Crippen LogP contribution is 2.40. The highest BCUT2D eigenvalue weighted by Gasteiger charge is 2.21. The maximum Gasteiger partial charge on any atom is 0.261 e. The van der Waals surface area contributed by atoms with Gasteiger partial charge in [0, 0.05) is 5.38 Å². The Labute approximate surface area is 153 Å². The first-order chi connectivity index (χ1) is 12.2. The summed E-state index contributed by atoms with van der Waals surface area (Å²) >= 11 is 2.97. The van der Waals surface area contributed by atoms with Gasteiger partial charge in [-0.3, -0.25) is 10.1 Å². The molecule has 1 amide bonds. The number of benzene rings is 1. The Kier molecular flexibility index (Phi) is 5.20. The van der Waals surface area contributed by atoms with Crippen molar-refractivity contribution in [1.82, 2.24) is 4.98 Å². The van der Waals surface area contributed by atoms with E-state index in [4.69, 9.17) is 14.2 Å². The zero-order valence-electron chi connectivity index (χ0n) is 13.9. The first-order valence-corrected chi connectivity index (χ1v) is 9.03. The molecule has 3 aromatic rings. The van der Waals surface area contributed by atoms with E-state index in [0.29, 0.717) is 27.9 Å². The van der Waals surface area contributed by atoms with Gasteiger partial charge in [-0.2, -0.15) is 0 Å². The third kappa shape index (κ3) is 3.45. The second-order valence-electron chi connectivity index (χ2n) is 4.85. The molecule has 0 unspecified atom stereocenters. The van der Waals surface area contributed by atoms with E-state index in [-0.39, 0.29) is 5.91 Å². The van der Waals surface area contributed by atoms with Crippen LogP contribution in [0.25, 0.3) is 10.6 Å². The van der Waals surface area contributed by atoms with Gasteiger partial charge in [0.15, 0.2) is 16.6 Å². The summed E-state index contributed by atoms with van der Waals surface area (Å²) < 4.78 is 15.9. The monoisotopic (exact) mass is 376 g/mol. The molecule has 25 heavy (non-hydrogen) atoms. The fraction of sp³-hybridized carbons (Fsp3) is 0.176. The number of thiazole rings is 1. The SMILES string of the molecule is COc1ccc(C(=O)Nc2nc(-c3cccs3)cs2)c(OC)c1OC. The minimum absolute atomic E-state index is 0.314. The second-order valence-corrected chi connectivity index (χ2v) is 6.66. The second kappa shape index (κ2) is 7.54. The number of amides is 1. The number of hydrogen-bond donors (Lipinski definition) is 1. The van der Waals surface area contributed by atoms with Crippen molar-refractivity contribution in [2.75, 3.05) is 26.6 Å². The highest BCUT2D eigenvalue weighted by molar-refractivity contribution is 7.16. The lowest BCUT2D eigenvalue weighted by Crippen LogP contribution is -2.13. The summed E-state index contributed by atoms with van der Waals surface area (Å²) in [5.41, 5.74) is 1.18. The lowest BCUT2D eigenvalue weighted by Gasteiger charge is -2.15. The van der Waals surface area contributed by atoms with Gasteiger partial charge >= 0.3 is 0 Å². The topological polar surface area (TPSA) is 69.7 Å². The lowest BCUT2D eigenvalue weighted by atomic mass is 10.1. The molecule has 1 aromatic carbocycles. The van der Waals surface area contributed by atoms with Gasteiger partial charge in [-0.05, 0) is 23.6 Å². The molecule has 0 spiro atoms. The molecule has 0 aliphatic heterocycles.